The minimum atomic E-state index is -0.432. The molecule has 0 bridgehead atoms. The second-order valence-electron chi connectivity index (χ2n) is 7.95. The van der Waals surface area contributed by atoms with Crippen LogP contribution in [0.25, 0.3) is 32.9 Å². The average molecular weight is 420 g/mol. The average Bonchev–Trinajstić information content (AvgIpc) is 3.13. The number of aryl methyl sites for hydroxylation is 1. The molecule has 0 aliphatic rings. The summed E-state index contributed by atoms with van der Waals surface area (Å²) in [6.45, 7) is 2.81. The number of rotatable bonds is 5. The van der Waals surface area contributed by atoms with Gasteiger partial charge in [-0.2, -0.15) is 0 Å². The molecule has 0 saturated heterocycles. The third-order valence-electron chi connectivity index (χ3n) is 6.07. The van der Waals surface area contributed by atoms with Crippen LogP contribution in [0.4, 0.5) is 0 Å². The van der Waals surface area contributed by atoms with E-state index in [4.69, 9.17) is 10.5 Å². The Morgan fingerprint density at radius 1 is 0.969 bits per heavy atom. The van der Waals surface area contributed by atoms with E-state index in [9.17, 15) is 4.79 Å². The van der Waals surface area contributed by atoms with E-state index < -0.39 is 5.91 Å². The lowest BCUT2D eigenvalue weighted by atomic mass is 10.0. The van der Waals surface area contributed by atoms with E-state index in [-0.39, 0.29) is 0 Å². The normalized spacial score (nSPS) is 11.2. The number of carbonyl (C=O) groups excluding carboxylic acids is 1. The molecule has 0 fully saturated rings. The molecule has 1 heterocycles. The van der Waals surface area contributed by atoms with Gasteiger partial charge < -0.3 is 15.0 Å². The summed E-state index contributed by atoms with van der Waals surface area (Å²) < 4.78 is 7.54. The monoisotopic (exact) mass is 419 g/mol. The fourth-order valence-corrected chi connectivity index (χ4v) is 4.34. The number of methoxy groups -OCH3 is 1. The quantitative estimate of drug-likeness (QED) is 0.396. The third kappa shape index (κ3) is 3.30. The van der Waals surface area contributed by atoms with Crippen molar-refractivity contribution in [2.45, 2.75) is 13.5 Å². The lowest BCUT2D eigenvalue weighted by molar-refractivity contribution is 0.100. The molecule has 0 spiro atoms. The molecule has 0 aliphatic heterocycles. The second kappa shape index (κ2) is 7.89. The SMILES string of the molecule is COc1ccc(-c2c[c]c3c4c(C(N)=O)cccc4n(Cc4ccccc4C)c3c2)cc1. The molecule has 4 heteroatoms. The lowest BCUT2D eigenvalue weighted by Gasteiger charge is -2.11. The van der Waals surface area contributed by atoms with Crippen LogP contribution >= 0.6 is 0 Å². The van der Waals surface area contributed by atoms with Gasteiger partial charge in [-0.3, -0.25) is 4.79 Å². The number of aromatic nitrogens is 1. The number of nitrogens with two attached hydrogens (primary N) is 1. The molecular formula is C28H23N2O2. The Bertz CT molecular complexity index is 1460. The second-order valence-corrected chi connectivity index (χ2v) is 7.95. The van der Waals surface area contributed by atoms with Gasteiger partial charge in [-0.1, -0.05) is 42.5 Å². The van der Waals surface area contributed by atoms with E-state index in [0.717, 1.165) is 38.7 Å². The van der Waals surface area contributed by atoms with Gasteiger partial charge in [-0.25, -0.2) is 0 Å². The topological polar surface area (TPSA) is 57.2 Å². The minimum absolute atomic E-state index is 0.432. The van der Waals surface area contributed by atoms with Gasteiger partial charge in [-0.05, 0) is 71.6 Å². The number of primary amides is 1. The van der Waals surface area contributed by atoms with Gasteiger partial charge in [0.05, 0.1) is 18.1 Å². The van der Waals surface area contributed by atoms with Crippen LogP contribution in [0.5, 0.6) is 5.75 Å². The van der Waals surface area contributed by atoms with Crippen LogP contribution in [-0.2, 0) is 6.54 Å². The number of fused-ring (bicyclic) bond motifs is 3. The zero-order valence-electron chi connectivity index (χ0n) is 18.1. The van der Waals surface area contributed by atoms with Crippen molar-refractivity contribution in [3.8, 4) is 16.9 Å². The number of hydrogen-bond donors (Lipinski definition) is 1. The predicted molar refractivity (Wildman–Crippen MR) is 129 cm³/mol. The van der Waals surface area contributed by atoms with Crippen molar-refractivity contribution in [3.63, 3.8) is 0 Å². The summed E-state index contributed by atoms with van der Waals surface area (Å²) in [4.78, 5) is 12.2. The van der Waals surface area contributed by atoms with E-state index >= 15 is 0 Å². The summed E-state index contributed by atoms with van der Waals surface area (Å²) >= 11 is 0. The Balaban J connectivity index is 1.78. The zero-order chi connectivity index (χ0) is 22.2. The van der Waals surface area contributed by atoms with E-state index in [1.54, 1.807) is 13.2 Å². The summed E-state index contributed by atoms with van der Waals surface area (Å²) in [6, 6.07) is 29.6. The van der Waals surface area contributed by atoms with Gasteiger partial charge in [0, 0.05) is 22.9 Å². The molecule has 5 rings (SSSR count). The van der Waals surface area contributed by atoms with Crippen LogP contribution in [0.2, 0.25) is 0 Å². The first-order valence-electron chi connectivity index (χ1n) is 10.5. The summed E-state index contributed by atoms with van der Waals surface area (Å²) in [5.41, 5.74) is 12.8. The van der Waals surface area contributed by atoms with E-state index in [0.29, 0.717) is 12.1 Å². The van der Waals surface area contributed by atoms with Crippen molar-refractivity contribution < 1.29 is 9.53 Å². The highest BCUT2D eigenvalue weighted by Gasteiger charge is 2.18. The van der Waals surface area contributed by atoms with Crippen molar-refractivity contribution in [2.24, 2.45) is 5.73 Å². The first-order chi connectivity index (χ1) is 15.6. The fourth-order valence-electron chi connectivity index (χ4n) is 4.34. The highest BCUT2D eigenvalue weighted by atomic mass is 16.5. The van der Waals surface area contributed by atoms with Gasteiger partial charge in [0.15, 0.2) is 0 Å². The minimum Gasteiger partial charge on any atom is -0.497 e. The molecular weight excluding hydrogens is 396 g/mol. The predicted octanol–water partition coefficient (Wildman–Crippen LogP) is 5.73. The molecule has 0 aliphatic carbocycles. The van der Waals surface area contributed by atoms with Crippen LogP contribution < -0.4 is 10.5 Å². The molecule has 0 atom stereocenters. The maximum Gasteiger partial charge on any atom is 0.249 e. The van der Waals surface area contributed by atoms with Crippen LogP contribution in [-0.4, -0.2) is 17.6 Å². The molecule has 157 valence electrons. The molecule has 0 unspecified atom stereocenters. The molecule has 0 saturated carbocycles. The Kier molecular flexibility index (Phi) is 4.91. The molecule has 1 amide bonds. The standard InChI is InChI=1S/C28H23N2O2/c1-18-6-3-4-7-21(18)17-30-25-9-5-8-24(28(29)31)27(25)23-15-12-20(16-26(23)30)19-10-13-22(32-2)14-11-19/h3-14,16H,17H2,1-2H3,(H2,29,31). The summed E-state index contributed by atoms with van der Waals surface area (Å²) in [6.07, 6.45) is 0. The first kappa shape index (κ1) is 19.9. The van der Waals surface area contributed by atoms with Crippen LogP contribution in [0.1, 0.15) is 21.5 Å². The van der Waals surface area contributed by atoms with Gasteiger partial charge in [0.2, 0.25) is 5.91 Å². The molecule has 4 nitrogen and oxygen atoms in total. The van der Waals surface area contributed by atoms with Crippen LogP contribution in [0.15, 0.2) is 78.9 Å². The lowest BCUT2D eigenvalue weighted by Crippen LogP contribution is -2.11. The van der Waals surface area contributed by atoms with E-state index in [1.165, 1.54) is 11.1 Å². The molecule has 32 heavy (non-hydrogen) atoms. The molecule has 4 aromatic carbocycles. The largest absolute Gasteiger partial charge is 0.497 e. The number of carbonyl (C=O) groups is 1. The van der Waals surface area contributed by atoms with Gasteiger partial charge in [-0.15, -0.1) is 0 Å². The maximum atomic E-state index is 12.2. The van der Waals surface area contributed by atoms with Gasteiger partial charge in [0.25, 0.3) is 0 Å². The molecule has 5 aromatic rings. The first-order valence-corrected chi connectivity index (χ1v) is 10.5. The van der Waals surface area contributed by atoms with Crippen molar-refractivity contribution in [3.05, 3.63) is 102 Å². The highest BCUT2D eigenvalue weighted by molar-refractivity contribution is 6.18. The number of benzene rings is 4. The Morgan fingerprint density at radius 3 is 2.47 bits per heavy atom. The van der Waals surface area contributed by atoms with Gasteiger partial charge in [0.1, 0.15) is 5.75 Å². The maximum absolute atomic E-state index is 12.2. The summed E-state index contributed by atoms with van der Waals surface area (Å²) in [7, 11) is 1.66. The van der Waals surface area contributed by atoms with Crippen molar-refractivity contribution in [1.82, 2.24) is 4.57 Å². The molecule has 1 radical (unpaired) electrons. The van der Waals surface area contributed by atoms with Gasteiger partial charge >= 0.3 is 0 Å². The highest BCUT2D eigenvalue weighted by Crippen LogP contribution is 2.35. The smallest absolute Gasteiger partial charge is 0.249 e. The number of amides is 1. The Hall–Kier alpha value is -4.05. The molecule has 2 N–H and O–H groups in total. The number of ether oxygens (including phenoxy) is 1. The van der Waals surface area contributed by atoms with Crippen LogP contribution in [0, 0.1) is 13.0 Å². The summed E-state index contributed by atoms with van der Waals surface area (Å²) in [5, 5.41) is 1.75. The number of hydrogen-bond acceptors (Lipinski definition) is 2. The van der Waals surface area contributed by atoms with E-state index in [2.05, 4.69) is 41.8 Å². The van der Waals surface area contributed by atoms with Crippen molar-refractivity contribution in [2.75, 3.05) is 7.11 Å². The van der Waals surface area contributed by atoms with Crippen molar-refractivity contribution in [1.29, 1.82) is 0 Å². The van der Waals surface area contributed by atoms with Crippen LogP contribution in [0.3, 0.4) is 0 Å². The summed E-state index contributed by atoms with van der Waals surface area (Å²) in [5.74, 6) is 0.386. The number of nitrogens with zero attached hydrogens (tertiary/aromatic N) is 1. The van der Waals surface area contributed by atoms with Crippen molar-refractivity contribution >= 4 is 27.7 Å². The molecule has 1 aromatic heterocycles. The Labute approximate surface area is 186 Å². The zero-order valence-corrected chi connectivity index (χ0v) is 18.1. The third-order valence-corrected chi connectivity index (χ3v) is 6.07. The van der Waals surface area contributed by atoms with E-state index in [1.807, 2.05) is 48.5 Å². The Morgan fingerprint density at radius 2 is 1.75 bits per heavy atom. The fraction of sp³-hybridized carbons (Fsp3) is 0.107.